The molecule has 2 aromatic heterocycles. The lowest BCUT2D eigenvalue weighted by Gasteiger charge is -2.38. The highest BCUT2D eigenvalue weighted by Crippen LogP contribution is 2.45. The molecule has 50 heavy (non-hydrogen) atoms. The van der Waals surface area contributed by atoms with Gasteiger partial charge in [-0.3, -0.25) is 14.2 Å². The van der Waals surface area contributed by atoms with E-state index in [2.05, 4.69) is 21.5 Å². The number of carbonyl (C=O) groups is 2. The molecule has 1 aliphatic heterocycles. The maximum atomic E-state index is 13.6. The molecule has 2 aliphatic carbocycles. The van der Waals surface area contributed by atoms with Crippen molar-refractivity contribution in [2.24, 2.45) is 5.92 Å². The zero-order chi connectivity index (χ0) is 35.4. The third kappa shape index (κ3) is 7.05. The summed E-state index contributed by atoms with van der Waals surface area (Å²) in [4.78, 5) is 48.6. The average molecular weight is 718 g/mol. The molecule has 0 radical (unpaired) electrons. The van der Waals surface area contributed by atoms with Gasteiger partial charge in [0.05, 0.1) is 28.4 Å². The average Bonchev–Trinajstić information content (AvgIpc) is 3.67. The second-order valence-electron chi connectivity index (χ2n) is 15.3. The quantitative estimate of drug-likeness (QED) is 0.223. The highest BCUT2D eigenvalue weighted by Gasteiger charge is 2.38. The summed E-state index contributed by atoms with van der Waals surface area (Å²) in [5, 5.41) is 12.1. The lowest BCUT2D eigenvalue weighted by atomic mass is 9.88. The van der Waals surface area contributed by atoms with Crippen molar-refractivity contribution in [1.82, 2.24) is 23.7 Å². The van der Waals surface area contributed by atoms with Gasteiger partial charge >= 0.3 is 6.09 Å². The van der Waals surface area contributed by atoms with Gasteiger partial charge in [0.1, 0.15) is 11.1 Å². The van der Waals surface area contributed by atoms with Gasteiger partial charge in [0.15, 0.2) is 5.52 Å². The van der Waals surface area contributed by atoms with Gasteiger partial charge in [0.2, 0.25) is 5.91 Å². The number of hydrogen-bond donors (Lipinski definition) is 1. The number of rotatable bonds is 8. The van der Waals surface area contributed by atoms with Crippen LogP contribution in [0, 0.1) is 5.92 Å². The Bertz CT molecular complexity index is 1980. The summed E-state index contributed by atoms with van der Waals surface area (Å²) in [5.41, 5.74) is 2.65. The largest absolute Gasteiger partial charge is 0.444 e. The van der Waals surface area contributed by atoms with Crippen LogP contribution in [0.2, 0.25) is 5.02 Å². The van der Waals surface area contributed by atoms with E-state index in [0.29, 0.717) is 66.5 Å². The van der Waals surface area contributed by atoms with Crippen LogP contribution in [-0.2, 0) is 28.9 Å². The molecule has 10 nitrogen and oxygen atoms in total. The monoisotopic (exact) mass is 717 g/mol. The zero-order valence-corrected chi connectivity index (χ0v) is 30.6. The van der Waals surface area contributed by atoms with Gasteiger partial charge in [-0.1, -0.05) is 54.1 Å². The van der Waals surface area contributed by atoms with Crippen LogP contribution in [0.3, 0.4) is 0 Å². The standard InChI is InChI=1S/C38H44ClN5O5S/c1-37(2,3)49-36(47)42(4)26-18-25-12-13-27(31(39)29(25)19-26)34-32-33(41-50-34)35(46)44(22-40-32)21-38(48)14-16-43(17-15-38)30(45)20-28(24-10-11-24)23-8-6-5-7-9-23/h5-9,12-13,22,24,26,28,48H,10-11,14-21H2,1-4H3. The summed E-state index contributed by atoms with van der Waals surface area (Å²) in [5.74, 6) is 0.921. The number of aliphatic hydroxyl groups is 1. The molecular formula is C38H44ClN5O5S. The van der Waals surface area contributed by atoms with E-state index in [9.17, 15) is 19.5 Å². The molecule has 2 amide bonds. The molecule has 1 saturated heterocycles. The Morgan fingerprint density at radius 1 is 1.10 bits per heavy atom. The molecule has 0 spiro atoms. The van der Waals surface area contributed by atoms with Crippen molar-refractivity contribution >= 4 is 46.2 Å². The van der Waals surface area contributed by atoms with Crippen molar-refractivity contribution in [2.75, 3.05) is 20.1 Å². The Hall–Kier alpha value is -3.80. The number of fused-ring (bicyclic) bond motifs is 2. The Labute approximate surface area is 301 Å². The number of hydrogen-bond acceptors (Lipinski definition) is 8. The van der Waals surface area contributed by atoms with Crippen LogP contribution in [0.15, 0.2) is 53.6 Å². The van der Waals surface area contributed by atoms with E-state index in [0.717, 1.165) is 29.5 Å². The molecule has 1 saturated carbocycles. The number of likely N-dealkylation sites (tertiary alicyclic amines) is 1. The number of halogens is 1. The zero-order valence-electron chi connectivity index (χ0n) is 29.0. The highest BCUT2D eigenvalue weighted by atomic mass is 35.5. The number of carbonyl (C=O) groups excluding carboxylic acids is 2. The smallest absolute Gasteiger partial charge is 0.410 e. The maximum Gasteiger partial charge on any atom is 0.410 e. The fourth-order valence-electron chi connectivity index (χ4n) is 7.44. The molecule has 7 rings (SSSR count). The molecular weight excluding hydrogens is 674 g/mol. The lowest BCUT2D eigenvalue weighted by Crippen LogP contribution is -2.49. The van der Waals surface area contributed by atoms with Crippen LogP contribution in [0.1, 0.15) is 75.5 Å². The number of amides is 2. The summed E-state index contributed by atoms with van der Waals surface area (Å²) >= 11 is 8.18. The van der Waals surface area contributed by atoms with E-state index >= 15 is 0 Å². The molecule has 1 N–H and O–H groups in total. The number of piperidine rings is 1. The van der Waals surface area contributed by atoms with Crippen LogP contribution < -0.4 is 5.56 Å². The fourth-order valence-corrected chi connectivity index (χ4v) is 8.70. The van der Waals surface area contributed by atoms with Crippen LogP contribution in [-0.4, -0.2) is 78.2 Å². The van der Waals surface area contributed by atoms with Crippen molar-refractivity contribution in [3.63, 3.8) is 0 Å². The van der Waals surface area contributed by atoms with E-state index in [4.69, 9.17) is 16.3 Å². The molecule has 3 heterocycles. The minimum absolute atomic E-state index is 0.0739. The third-order valence-corrected chi connectivity index (χ3v) is 11.8. The van der Waals surface area contributed by atoms with Crippen molar-refractivity contribution in [3.05, 3.63) is 80.9 Å². The Balaban J connectivity index is 1.02. The second-order valence-corrected chi connectivity index (χ2v) is 16.4. The number of ether oxygens (including phenoxy) is 1. The van der Waals surface area contributed by atoms with Crippen molar-refractivity contribution in [3.8, 4) is 10.4 Å². The summed E-state index contributed by atoms with van der Waals surface area (Å²) < 4.78 is 11.5. The number of benzene rings is 2. The molecule has 4 aromatic rings. The van der Waals surface area contributed by atoms with Crippen molar-refractivity contribution in [2.45, 2.75) is 95.4 Å². The molecule has 0 bridgehead atoms. The first-order valence-electron chi connectivity index (χ1n) is 17.5. The SMILES string of the molecule is CN(C(=O)OC(C)(C)C)C1Cc2ccc(-c3snc4c(=O)n(CC5(O)CCN(C(=O)CC(c6ccccc6)C6CC6)CC5)cnc34)c(Cl)c2C1. The number of likely N-dealkylation sites (N-methyl/N-ethyl adjacent to an activating group) is 1. The van der Waals surface area contributed by atoms with Gasteiger partial charge in [0, 0.05) is 38.2 Å². The van der Waals surface area contributed by atoms with Gasteiger partial charge in [-0.25, -0.2) is 9.78 Å². The first kappa shape index (κ1) is 34.6. The summed E-state index contributed by atoms with van der Waals surface area (Å²) in [7, 11) is 1.75. The van der Waals surface area contributed by atoms with Crippen LogP contribution in [0.25, 0.3) is 21.5 Å². The van der Waals surface area contributed by atoms with E-state index in [-0.39, 0.29) is 41.6 Å². The number of aromatic nitrogens is 3. The van der Waals surface area contributed by atoms with E-state index < -0.39 is 11.2 Å². The van der Waals surface area contributed by atoms with Crippen LogP contribution in [0.4, 0.5) is 4.79 Å². The highest BCUT2D eigenvalue weighted by molar-refractivity contribution is 7.11. The Morgan fingerprint density at radius 2 is 1.82 bits per heavy atom. The van der Waals surface area contributed by atoms with E-state index in [1.807, 2.05) is 56.0 Å². The molecule has 2 aromatic carbocycles. The third-order valence-electron chi connectivity index (χ3n) is 10.5. The Morgan fingerprint density at radius 3 is 2.50 bits per heavy atom. The van der Waals surface area contributed by atoms with Gasteiger partial charge in [-0.15, -0.1) is 0 Å². The lowest BCUT2D eigenvalue weighted by molar-refractivity contribution is -0.136. The fraction of sp³-hybridized carbons (Fsp3) is 0.500. The molecule has 2 unspecified atom stereocenters. The van der Waals surface area contributed by atoms with E-state index in [1.165, 1.54) is 28.0 Å². The van der Waals surface area contributed by atoms with Gasteiger partial charge in [-0.05, 0) is 99.4 Å². The summed E-state index contributed by atoms with van der Waals surface area (Å²) in [6, 6.07) is 14.2. The molecule has 3 aliphatic rings. The minimum Gasteiger partial charge on any atom is -0.444 e. The molecule has 264 valence electrons. The molecule has 12 heteroatoms. The molecule has 2 atom stereocenters. The first-order valence-corrected chi connectivity index (χ1v) is 18.6. The summed E-state index contributed by atoms with van der Waals surface area (Å²) in [6.45, 7) is 6.50. The predicted molar refractivity (Wildman–Crippen MR) is 195 cm³/mol. The minimum atomic E-state index is -1.14. The van der Waals surface area contributed by atoms with Crippen LogP contribution in [0.5, 0.6) is 0 Å². The first-order chi connectivity index (χ1) is 23.8. The predicted octanol–water partition coefficient (Wildman–Crippen LogP) is 6.44. The topological polar surface area (TPSA) is 118 Å². The number of nitrogens with zero attached hydrogens (tertiary/aromatic N) is 5. The maximum absolute atomic E-state index is 13.6. The molecule has 2 fully saturated rings. The summed E-state index contributed by atoms with van der Waals surface area (Å²) in [6.07, 6.45) is 5.92. The van der Waals surface area contributed by atoms with Gasteiger partial charge in [-0.2, -0.15) is 4.37 Å². The van der Waals surface area contributed by atoms with Crippen molar-refractivity contribution < 1.29 is 19.4 Å². The van der Waals surface area contributed by atoms with Gasteiger partial charge < -0.3 is 19.6 Å². The van der Waals surface area contributed by atoms with Crippen molar-refractivity contribution in [1.29, 1.82) is 0 Å². The van der Waals surface area contributed by atoms with Crippen LogP contribution >= 0.6 is 23.1 Å². The normalized spacial score (nSPS) is 19.3. The second kappa shape index (κ2) is 13.4. The Kier molecular flexibility index (Phi) is 9.28. The van der Waals surface area contributed by atoms with Gasteiger partial charge in [0.25, 0.3) is 5.56 Å². The van der Waals surface area contributed by atoms with E-state index in [1.54, 1.807) is 11.9 Å².